The van der Waals surface area contributed by atoms with Crippen LogP contribution in [0.25, 0.3) is 0 Å². The fourth-order valence-electron chi connectivity index (χ4n) is 0.677. The molecule has 0 fully saturated rings. The molecule has 0 aliphatic heterocycles. The Hall–Kier alpha value is -0.660. The molecule has 0 aromatic carbocycles. The minimum atomic E-state index is -3.76. The van der Waals surface area contributed by atoms with Crippen LogP contribution in [-0.4, -0.2) is 56.3 Å². The van der Waals surface area contributed by atoms with E-state index in [1.807, 2.05) is 25.9 Å². The second-order valence-electron chi connectivity index (χ2n) is 3.69. The third-order valence-electron chi connectivity index (χ3n) is 2.27. The van der Waals surface area contributed by atoms with Crippen LogP contribution < -0.4 is 4.72 Å². The van der Waals surface area contributed by atoms with Gasteiger partial charge in [0.25, 0.3) is 0 Å². The van der Waals surface area contributed by atoms with E-state index in [1.165, 1.54) is 0 Å². The summed E-state index contributed by atoms with van der Waals surface area (Å²) in [5, 5.41) is 7.14. The molecular weight excluding hydrogens is 220 g/mol. The zero-order chi connectivity index (χ0) is 12.2. The fraction of sp³-hybridized carbons (Fsp3) is 0.875. The van der Waals surface area contributed by atoms with Crippen LogP contribution in [0.4, 0.5) is 0 Å². The quantitative estimate of drug-likeness (QED) is 0.641. The number of nitrogens with one attached hydrogen (secondary N) is 1. The van der Waals surface area contributed by atoms with Gasteiger partial charge in [-0.15, -0.1) is 0 Å². The third kappa shape index (κ3) is 4.59. The van der Waals surface area contributed by atoms with E-state index in [-0.39, 0.29) is 12.6 Å². The number of nitrogens with zero attached hydrogens (tertiary/aromatic N) is 1. The Bertz CT molecular complexity index is 313. The molecule has 0 aromatic rings. The highest BCUT2D eigenvalue weighted by atomic mass is 32.2. The first kappa shape index (κ1) is 14.3. The Morgan fingerprint density at radius 3 is 2.20 bits per heavy atom. The van der Waals surface area contributed by atoms with Gasteiger partial charge in [0.15, 0.2) is 5.25 Å². The molecule has 0 rings (SSSR count). The third-order valence-corrected chi connectivity index (χ3v) is 3.98. The molecule has 0 aromatic heterocycles. The molecule has 2 N–H and O–H groups in total. The van der Waals surface area contributed by atoms with Crippen LogP contribution in [0.5, 0.6) is 0 Å². The zero-order valence-corrected chi connectivity index (χ0v) is 10.2. The van der Waals surface area contributed by atoms with Gasteiger partial charge in [0.2, 0.25) is 10.0 Å². The van der Waals surface area contributed by atoms with E-state index in [0.29, 0.717) is 0 Å². The number of aliphatic carboxylic acids is 1. The first-order chi connectivity index (χ1) is 6.68. The summed E-state index contributed by atoms with van der Waals surface area (Å²) in [6.45, 7) is 3.19. The van der Waals surface area contributed by atoms with E-state index in [2.05, 4.69) is 4.72 Å². The molecule has 7 heteroatoms. The summed E-state index contributed by atoms with van der Waals surface area (Å²) < 4.78 is 25.0. The average Bonchev–Trinajstić information content (AvgIpc) is 2.12. The molecule has 0 radical (unpaired) electrons. The largest absolute Gasteiger partial charge is 0.480 e. The van der Waals surface area contributed by atoms with Crippen molar-refractivity contribution in [1.29, 1.82) is 0 Å². The molecule has 0 amide bonds. The lowest BCUT2D eigenvalue weighted by Gasteiger charge is -2.20. The lowest BCUT2D eigenvalue weighted by Crippen LogP contribution is -2.43. The molecule has 0 aliphatic carbocycles. The van der Waals surface area contributed by atoms with Crippen LogP contribution >= 0.6 is 0 Å². The zero-order valence-electron chi connectivity index (χ0n) is 9.39. The number of carboxylic acids is 1. The SMILES string of the molecule is CC(CNS(=O)(=O)C(C)C(=O)O)N(C)C. The van der Waals surface area contributed by atoms with Crippen molar-refractivity contribution in [2.75, 3.05) is 20.6 Å². The van der Waals surface area contributed by atoms with Gasteiger partial charge in [0, 0.05) is 12.6 Å². The summed E-state index contributed by atoms with van der Waals surface area (Å²) in [6.07, 6.45) is 0. The Morgan fingerprint density at radius 1 is 1.40 bits per heavy atom. The lowest BCUT2D eigenvalue weighted by atomic mass is 10.3. The van der Waals surface area contributed by atoms with E-state index in [9.17, 15) is 13.2 Å². The van der Waals surface area contributed by atoms with Crippen LogP contribution in [0.1, 0.15) is 13.8 Å². The molecule has 0 saturated carbocycles. The van der Waals surface area contributed by atoms with Crippen molar-refractivity contribution in [3.05, 3.63) is 0 Å². The van der Waals surface area contributed by atoms with Crippen molar-refractivity contribution in [1.82, 2.24) is 9.62 Å². The van der Waals surface area contributed by atoms with Crippen molar-refractivity contribution >= 4 is 16.0 Å². The molecule has 15 heavy (non-hydrogen) atoms. The van der Waals surface area contributed by atoms with Crippen LogP contribution in [-0.2, 0) is 14.8 Å². The van der Waals surface area contributed by atoms with Crippen LogP contribution in [0.15, 0.2) is 0 Å². The summed E-state index contributed by atoms with van der Waals surface area (Å²) in [5.74, 6) is -1.35. The first-order valence-electron chi connectivity index (χ1n) is 4.56. The van der Waals surface area contributed by atoms with E-state index in [1.54, 1.807) is 0 Å². The number of likely N-dealkylation sites (N-methyl/N-ethyl adjacent to an activating group) is 1. The maximum absolute atomic E-state index is 11.4. The average molecular weight is 238 g/mol. The van der Waals surface area contributed by atoms with E-state index < -0.39 is 21.2 Å². The number of carboxylic acid groups (broad SMARTS) is 1. The van der Waals surface area contributed by atoms with Gasteiger partial charge >= 0.3 is 5.97 Å². The summed E-state index contributed by atoms with van der Waals surface area (Å²) in [7, 11) is -0.126. The van der Waals surface area contributed by atoms with Crippen molar-refractivity contribution in [3.63, 3.8) is 0 Å². The summed E-state index contributed by atoms with van der Waals surface area (Å²) in [4.78, 5) is 12.3. The van der Waals surface area contributed by atoms with E-state index in [4.69, 9.17) is 5.11 Å². The Labute approximate surface area is 90.3 Å². The molecule has 2 atom stereocenters. The van der Waals surface area contributed by atoms with Crippen molar-refractivity contribution < 1.29 is 18.3 Å². The van der Waals surface area contributed by atoms with Gasteiger partial charge in [-0.3, -0.25) is 4.79 Å². The standard InChI is InChI=1S/C8H18N2O4S/c1-6(10(3)4)5-9-15(13,14)7(2)8(11)12/h6-7,9H,5H2,1-4H3,(H,11,12). The fourth-order valence-corrected chi connectivity index (χ4v) is 1.67. The number of rotatable bonds is 6. The number of hydrogen-bond donors (Lipinski definition) is 2. The Balaban J connectivity index is 4.35. The molecule has 2 unspecified atom stereocenters. The minimum absolute atomic E-state index is 0.0146. The van der Waals surface area contributed by atoms with Gasteiger partial charge in [-0.2, -0.15) is 0 Å². The van der Waals surface area contributed by atoms with Crippen molar-refractivity contribution in [2.45, 2.75) is 25.1 Å². The molecule has 0 heterocycles. The number of sulfonamides is 1. The van der Waals surface area contributed by atoms with E-state index in [0.717, 1.165) is 6.92 Å². The predicted molar refractivity (Wildman–Crippen MR) is 57.2 cm³/mol. The van der Waals surface area contributed by atoms with Gasteiger partial charge in [-0.1, -0.05) is 0 Å². The highest BCUT2D eigenvalue weighted by Gasteiger charge is 2.27. The monoisotopic (exact) mass is 238 g/mol. The van der Waals surface area contributed by atoms with Gasteiger partial charge in [0.05, 0.1) is 0 Å². The van der Waals surface area contributed by atoms with Gasteiger partial charge in [-0.05, 0) is 27.9 Å². The lowest BCUT2D eigenvalue weighted by molar-refractivity contribution is -0.136. The normalized spacial score (nSPS) is 16.3. The second-order valence-corrected chi connectivity index (χ2v) is 5.77. The van der Waals surface area contributed by atoms with E-state index >= 15 is 0 Å². The molecule has 6 nitrogen and oxygen atoms in total. The number of hydrogen-bond acceptors (Lipinski definition) is 4. The van der Waals surface area contributed by atoms with Gasteiger partial charge < -0.3 is 10.0 Å². The smallest absolute Gasteiger partial charge is 0.323 e. The molecule has 0 aliphatic rings. The van der Waals surface area contributed by atoms with Gasteiger partial charge in [0.1, 0.15) is 0 Å². The minimum Gasteiger partial charge on any atom is -0.480 e. The molecule has 0 spiro atoms. The molecule has 0 bridgehead atoms. The first-order valence-corrected chi connectivity index (χ1v) is 6.11. The Morgan fingerprint density at radius 2 is 1.87 bits per heavy atom. The maximum Gasteiger partial charge on any atom is 0.323 e. The molecular formula is C8H18N2O4S. The summed E-state index contributed by atoms with van der Waals surface area (Å²) >= 11 is 0. The van der Waals surface area contributed by atoms with Crippen molar-refractivity contribution in [2.24, 2.45) is 0 Å². The predicted octanol–water partition coefficient (Wildman–Crippen LogP) is -0.671. The Kier molecular flexibility index (Phi) is 5.19. The highest BCUT2D eigenvalue weighted by Crippen LogP contribution is 1.99. The van der Waals surface area contributed by atoms with Gasteiger partial charge in [-0.25, -0.2) is 13.1 Å². The van der Waals surface area contributed by atoms with Crippen LogP contribution in [0.3, 0.4) is 0 Å². The summed E-state index contributed by atoms with van der Waals surface area (Å²) in [5.41, 5.74) is 0. The second kappa shape index (κ2) is 5.43. The molecule has 0 saturated heterocycles. The number of carbonyl (C=O) groups is 1. The van der Waals surface area contributed by atoms with Crippen LogP contribution in [0, 0.1) is 0 Å². The van der Waals surface area contributed by atoms with Crippen molar-refractivity contribution in [3.8, 4) is 0 Å². The topological polar surface area (TPSA) is 86.7 Å². The highest BCUT2D eigenvalue weighted by molar-refractivity contribution is 7.90. The molecule has 90 valence electrons. The van der Waals surface area contributed by atoms with Crippen LogP contribution in [0.2, 0.25) is 0 Å². The summed E-state index contributed by atoms with van der Waals surface area (Å²) in [6, 6.07) is 0.0146. The maximum atomic E-state index is 11.4.